The number of pyridine rings is 1. The Kier molecular flexibility index (Phi) is 4.77. The van der Waals surface area contributed by atoms with E-state index in [1.807, 2.05) is 0 Å². The van der Waals surface area contributed by atoms with Crippen LogP contribution in [0.15, 0.2) is 41.4 Å². The van der Waals surface area contributed by atoms with E-state index in [2.05, 4.69) is 10.1 Å². The Morgan fingerprint density at radius 1 is 1.11 bits per heavy atom. The molecule has 0 aliphatic heterocycles. The average Bonchev–Trinajstić information content (AvgIpc) is 3.01. The topological polar surface area (TPSA) is 64.8 Å². The van der Waals surface area contributed by atoms with Crippen molar-refractivity contribution >= 4 is 9.84 Å². The zero-order chi connectivity index (χ0) is 19.9. The van der Waals surface area contributed by atoms with E-state index in [0.29, 0.717) is 23.4 Å². The number of hydrogen-bond acceptors (Lipinski definition) is 4. The third-order valence-electron chi connectivity index (χ3n) is 3.86. The molecule has 1 aromatic carbocycles. The number of halogens is 4. The van der Waals surface area contributed by atoms with Crippen molar-refractivity contribution in [1.29, 1.82) is 0 Å². The van der Waals surface area contributed by atoms with Gasteiger partial charge in [-0.2, -0.15) is 5.10 Å². The van der Waals surface area contributed by atoms with Gasteiger partial charge in [0.2, 0.25) is 0 Å². The highest BCUT2D eigenvalue weighted by Gasteiger charge is 2.24. The van der Waals surface area contributed by atoms with Gasteiger partial charge >= 0.3 is 0 Å². The molecule has 0 aliphatic rings. The van der Waals surface area contributed by atoms with E-state index in [1.54, 1.807) is 19.1 Å². The number of aromatic nitrogens is 3. The van der Waals surface area contributed by atoms with Crippen LogP contribution in [0.25, 0.3) is 16.9 Å². The summed E-state index contributed by atoms with van der Waals surface area (Å²) in [6.07, 6.45) is -0.711. The van der Waals surface area contributed by atoms with Crippen LogP contribution in [0.4, 0.5) is 17.6 Å². The molecule has 0 unspecified atom stereocenters. The molecular formula is C17H13F4N3O2S. The summed E-state index contributed by atoms with van der Waals surface area (Å²) in [5.41, 5.74) is -0.205. The first-order valence-corrected chi connectivity index (χ1v) is 9.48. The van der Waals surface area contributed by atoms with Gasteiger partial charge in [0.1, 0.15) is 27.9 Å². The van der Waals surface area contributed by atoms with Gasteiger partial charge in [-0.25, -0.2) is 30.7 Å². The van der Waals surface area contributed by atoms with Gasteiger partial charge in [-0.3, -0.25) is 4.98 Å². The highest BCUT2D eigenvalue weighted by Crippen LogP contribution is 2.31. The van der Waals surface area contributed by atoms with Crippen LogP contribution in [-0.4, -0.2) is 29.4 Å². The molecule has 2 heterocycles. The zero-order valence-corrected chi connectivity index (χ0v) is 14.9. The Hall–Kier alpha value is -2.75. The summed E-state index contributed by atoms with van der Waals surface area (Å²) in [4.78, 5) is 3.23. The van der Waals surface area contributed by atoms with Crippen molar-refractivity contribution in [1.82, 2.24) is 14.8 Å². The van der Waals surface area contributed by atoms with E-state index in [1.165, 1.54) is 6.20 Å². The Bertz CT molecular complexity index is 1130. The highest BCUT2D eigenvalue weighted by atomic mass is 32.2. The lowest BCUT2D eigenvalue weighted by atomic mass is 10.1. The Balaban J connectivity index is 2.29. The molecule has 0 amide bonds. The predicted octanol–water partition coefficient (Wildman–Crippen LogP) is 3.86. The van der Waals surface area contributed by atoms with Crippen LogP contribution in [-0.2, 0) is 9.84 Å². The van der Waals surface area contributed by atoms with E-state index in [9.17, 15) is 26.0 Å². The molecule has 2 aromatic heterocycles. The number of benzene rings is 1. The number of alkyl halides is 2. The summed E-state index contributed by atoms with van der Waals surface area (Å²) in [5.74, 6) is -2.33. The van der Waals surface area contributed by atoms with E-state index in [4.69, 9.17) is 0 Å². The van der Waals surface area contributed by atoms with Crippen molar-refractivity contribution in [3.05, 3.63) is 59.6 Å². The van der Waals surface area contributed by atoms with Gasteiger partial charge in [-0.15, -0.1) is 0 Å². The SMILES string of the molecule is Cc1ncccc1-c1cc(C(F)F)nn1-c1cc(F)c(S(C)(=O)=O)cc1F. The van der Waals surface area contributed by atoms with Crippen LogP contribution in [0, 0.1) is 18.6 Å². The highest BCUT2D eigenvalue weighted by molar-refractivity contribution is 7.90. The molecular weight excluding hydrogens is 386 g/mol. The van der Waals surface area contributed by atoms with Crippen molar-refractivity contribution < 1.29 is 26.0 Å². The zero-order valence-electron chi connectivity index (χ0n) is 14.1. The van der Waals surface area contributed by atoms with Crippen LogP contribution in [0.5, 0.6) is 0 Å². The summed E-state index contributed by atoms with van der Waals surface area (Å²) in [6.45, 7) is 1.62. The molecule has 3 aromatic rings. The summed E-state index contributed by atoms with van der Waals surface area (Å²) < 4.78 is 79.0. The van der Waals surface area contributed by atoms with E-state index in [-0.39, 0.29) is 5.69 Å². The van der Waals surface area contributed by atoms with Gasteiger partial charge < -0.3 is 0 Å². The van der Waals surface area contributed by atoms with Crippen molar-refractivity contribution in [3.63, 3.8) is 0 Å². The van der Waals surface area contributed by atoms with Crippen molar-refractivity contribution in [3.8, 4) is 16.9 Å². The molecule has 0 atom stereocenters. The first-order valence-electron chi connectivity index (χ1n) is 7.59. The smallest absolute Gasteiger partial charge is 0.261 e. The first kappa shape index (κ1) is 19.0. The van der Waals surface area contributed by atoms with E-state index >= 15 is 0 Å². The molecule has 0 N–H and O–H groups in total. The molecule has 0 saturated carbocycles. The van der Waals surface area contributed by atoms with Gasteiger partial charge in [0, 0.05) is 29.8 Å². The first-order chi connectivity index (χ1) is 12.6. The van der Waals surface area contributed by atoms with Crippen LogP contribution in [0.2, 0.25) is 0 Å². The lowest BCUT2D eigenvalue weighted by Crippen LogP contribution is -2.08. The largest absolute Gasteiger partial charge is 0.282 e. The second kappa shape index (κ2) is 6.76. The molecule has 27 heavy (non-hydrogen) atoms. The second-order valence-electron chi connectivity index (χ2n) is 5.81. The van der Waals surface area contributed by atoms with Gasteiger partial charge in [0.25, 0.3) is 6.43 Å². The van der Waals surface area contributed by atoms with Gasteiger partial charge in [-0.05, 0) is 31.2 Å². The summed E-state index contributed by atoms with van der Waals surface area (Å²) in [6, 6.07) is 5.30. The number of sulfone groups is 1. The molecule has 0 spiro atoms. The van der Waals surface area contributed by atoms with Crippen LogP contribution in [0.1, 0.15) is 17.8 Å². The molecule has 10 heteroatoms. The quantitative estimate of drug-likeness (QED) is 0.625. The van der Waals surface area contributed by atoms with E-state index in [0.717, 1.165) is 17.0 Å². The van der Waals surface area contributed by atoms with Gasteiger partial charge in [0.15, 0.2) is 9.84 Å². The number of nitrogens with zero attached hydrogens (tertiary/aromatic N) is 3. The third-order valence-corrected chi connectivity index (χ3v) is 4.98. The van der Waals surface area contributed by atoms with Crippen molar-refractivity contribution in [2.45, 2.75) is 18.2 Å². The maximum absolute atomic E-state index is 14.6. The Morgan fingerprint density at radius 3 is 2.41 bits per heavy atom. The maximum Gasteiger partial charge on any atom is 0.282 e. The number of aryl methyl sites for hydroxylation is 1. The second-order valence-corrected chi connectivity index (χ2v) is 7.79. The Morgan fingerprint density at radius 2 is 1.81 bits per heavy atom. The normalized spacial score (nSPS) is 12.0. The van der Waals surface area contributed by atoms with Crippen molar-refractivity contribution in [2.75, 3.05) is 6.26 Å². The number of rotatable bonds is 4. The fraction of sp³-hybridized carbons (Fsp3) is 0.176. The van der Waals surface area contributed by atoms with Crippen LogP contribution in [0.3, 0.4) is 0 Å². The fourth-order valence-electron chi connectivity index (χ4n) is 2.60. The van der Waals surface area contributed by atoms with Gasteiger partial charge in [-0.1, -0.05) is 0 Å². The lowest BCUT2D eigenvalue weighted by molar-refractivity contribution is 0.145. The molecule has 0 bridgehead atoms. The molecule has 0 aliphatic carbocycles. The molecule has 5 nitrogen and oxygen atoms in total. The molecule has 142 valence electrons. The minimum Gasteiger partial charge on any atom is -0.261 e. The lowest BCUT2D eigenvalue weighted by Gasteiger charge is -2.11. The minimum atomic E-state index is -4.01. The number of hydrogen-bond donors (Lipinski definition) is 0. The predicted molar refractivity (Wildman–Crippen MR) is 89.5 cm³/mol. The molecule has 0 radical (unpaired) electrons. The average molecular weight is 399 g/mol. The van der Waals surface area contributed by atoms with Crippen molar-refractivity contribution in [2.24, 2.45) is 0 Å². The van der Waals surface area contributed by atoms with Gasteiger partial charge in [0.05, 0.1) is 5.69 Å². The van der Waals surface area contributed by atoms with E-state index < -0.39 is 44.2 Å². The fourth-order valence-corrected chi connectivity index (χ4v) is 3.33. The summed E-state index contributed by atoms with van der Waals surface area (Å²) >= 11 is 0. The summed E-state index contributed by atoms with van der Waals surface area (Å²) in [7, 11) is -4.01. The van der Waals surface area contributed by atoms with Crippen LogP contribution < -0.4 is 0 Å². The molecule has 0 saturated heterocycles. The Labute approximate surface area is 152 Å². The van der Waals surface area contributed by atoms with Crippen LogP contribution >= 0.6 is 0 Å². The molecule has 0 fully saturated rings. The molecule has 3 rings (SSSR count). The minimum absolute atomic E-state index is 0.0707. The standard InChI is InChI=1S/C17H13F4N3O2S/c1-9-10(4-3-5-22-9)14-8-13(17(20)21)23-24(14)15-6-12(19)16(7-11(15)18)27(2,25)26/h3-8,17H,1-2H3. The summed E-state index contributed by atoms with van der Waals surface area (Å²) in [5, 5.41) is 3.67. The maximum atomic E-state index is 14.6. The monoisotopic (exact) mass is 399 g/mol. The third kappa shape index (κ3) is 3.57.